The molecule has 0 aliphatic carbocycles. The van der Waals surface area contributed by atoms with Crippen LogP contribution in [0.5, 0.6) is 5.75 Å². The molecule has 0 amide bonds. The van der Waals surface area contributed by atoms with Gasteiger partial charge in [-0.25, -0.2) is 4.79 Å². The Labute approximate surface area is 114 Å². The minimum atomic E-state index is -0.425. The Morgan fingerprint density at radius 3 is 2.78 bits per heavy atom. The normalized spacial score (nSPS) is 17.8. The minimum Gasteiger partial charge on any atom is -0.470 e. The summed E-state index contributed by atoms with van der Waals surface area (Å²) in [4.78, 5) is 13.6. The van der Waals surface area contributed by atoms with Gasteiger partial charge in [-0.1, -0.05) is 15.9 Å². The van der Waals surface area contributed by atoms with Crippen molar-refractivity contribution >= 4 is 28.0 Å². The number of rotatable bonds is 2. The maximum absolute atomic E-state index is 11.8. The zero-order chi connectivity index (χ0) is 13.3. The van der Waals surface area contributed by atoms with Gasteiger partial charge in [0.05, 0.1) is 12.7 Å². The van der Waals surface area contributed by atoms with Gasteiger partial charge in [0.25, 0.3) is 0 Å². The lowest BCUT2D eigenvalue weighted by Crippen LogP contribution is -2.39. The quantitative estimate of drug-likeness (QED) is 0.786. The van der Waals surface area contributed by atoms with Crippen molar-refractivity contribution in [2.75, 3.05) is 21.2 Å². The van der Waals surface area contributed by atoms with Crippen LogP contribution >= 0.6 is 15.9 Å². The molecule has 0 saturated heterocycles. The summed E-state index contributed by atoms with van der Waals surface area (Å²) in [5.41, 5.74) is 1.36. The molecule has 4 nitrogen and oxygen atoms in total. The van der Waals surface area contributed by atoms with Crippen LogP contribution in [0.2, 0.25) is 0 Å². The van der Waals surface area contributed by atoms with Crippen LogP contribution in [-0.4, -0.2) is 38.3 Å². The molecule has 0 bridgehead atoms. The SMILES string of the molecule is COC(=O)C1=Cc2cc(Br)ccc2OC1N(C)C. The van der Waals surface area contributed by atoms with E-state index in [2.05, 4.69) is 15.9 Å². The maximum atomic E-state index is 11.8. The molecule has 1 aliphatic heterocycles. The number of ether oxygens (including phenoxy) is 2. The van der Waals surface area contributed by atoms with E-state index in [-0.39, 0.29) is 5.97 Å². The van der Waals surface area contributed by atoms with Crippen LogP contribution in [0.4, 0.5) is 0 Å². The highest BCUT2D eigenvalue weighted by Crippen LogP contribution is 2.32. The van der Waals surface area contributed by atoms with Crippen molar-refractivity contribution in [2.24, 2.45) is 0 Å². The second-order valence-electron chi connectivity index (χ2n) is 4.21. The highest BCUT2D eigenvalue weighted by atomic mass is 79.9. The molecule has 1 aromatic carbocycles. The van der Waals surface area contributed by atoms with Crippen molar-refractivity contribution in [1.82, 2.24) is 4.90 Å². The molecule has 0 saturated carbocycles. The van der Waals surface area contributed by atoms with E-state index in [1.807, 2.05) is 37.2 Å². The molecule has 96 valence electrons. The Kier molecular flexibility index (Phi) is 3.73. The van der Waals surface area contributed by atoms with Gasteiger partial charge in [-0.3, -0.25) is 4.90 Å². The molecule has 5 heteroatoms. The van der Waals surface area contributed by atoms with E-state index in [0.29, 0.717) is 5.57 Å². The van der Waals surface area contributed by atoms with Crippen LogP contribution < -0.4 is 4.74 Å². The minimum absolute atomic E-state index is 0.376. The second-order valence-corrected chi connectivity index (χ2v) is 5.12. The van der Waals surface area contributed by atoms with E-state index in [9.17, 15) is 4.79 Å². The summed E-state index contributed by atoms with van der Waals surface area (Å²) in [6.45, 7) is 0. The standard InChI is InChI=1S/C13H14BrNO3/c1-15(2)12-10(13(16)17-3)7-8-6-9(14)4-5-11(8)18-12/h4-7,12H,1-3H3. The summed E-state index contributed by atoms with van der Waals surface area (Å²) in [7, 11) is 5.07. The maximum Gasteiger partial charge on any atom is 0.338 e. The van der Waals surface area contributed by atoms with E-state index in [0.717, 1.165) is 15.8 Å². The van der Waals surface area contributed by atoms with Crippen LogP contribution in [0, 0.1) is 0 Å². The molecule has 1 atom stereocenters. The third-order valence-electron chi connectivity index (χ3n) is 2.68. The second kappa shape index (κ2) is 5.12. The van der Waals surface area contributed by atoms with Gasteiger partial charge in [0.1, 0.15) is 5.75 Å². The van der Waals surface area contributed by atoms with Gasteiger partial charge in [-0.2, -0.15) is 0 Å². The van der Waals surface area contributed by atoms with Crippen LogP contribution in [0.15, 0.2) is 28.2 Å². The molecule has 2 rings (SSSR count). The number of nitrogens with zero attached hydrogens (tertiary/aromatic N) is 1. The number of hydrogen-bond acceptors (Lipinski definition) is 4. The lowest BCUT2D eigenvalue weighted by molar-refractivity contribution is -0.138. The third-order valence-corrected chi connectivity index (χ3v) is 3.17. The van der Waals surface area contributed by atoms with Crippen LogP contribution in [0.1, 0.15) is 5.56 Å². The summed E-state index contributed by atoms with van der Waals surface area (Å²) in [6.07, 6.45) is 1.38. The smallest absolute Gasteiger partial charge is 0.338 e. The first-order chi connectivity index (χ1) is 8.52. The molecule has 0 radical (unpaired) electrons. The van der Waals surface area contributed by atoms with Gasteiger partial charge in [0.15, 0.2) is 6.23 Å². The van der Waals surface area contributed by atoms with Gasteiger partial charge in [-0.05, 0) is 38.4 Å². The Morgan fingerprint density at radius 2 is 2.17 bits per heavy atom. The summed E-state index contributed by atoms with van der Waals surface area (Å²) in [6, 6.07) is 5.69. The average Bonchev–Trinajstić information content (AvgIpc) is 2.35. The summed E-state index contributed by atoms with van der Waals surface area (Å²) in [5, 5.41) is 0. The predicted molar refractivity (Wildman–Crippen MR) is 72.2 cm³/mol. The molecule has 1 aliphatic rings. The zero-order valence-corrected chi connectivity index (χ0v) is 12.0. The van der Waals surface area contributed by atoms with Crippen LogP contribution in [0.3, 0.4) is 0 Å². The summed E-state index contributed by atoms with van der Waals surface area (Å²) >= 11 is 3.40. The van der Waals surface area contributed by atoms with E-state index in [4.69, 9.17) is 9.47 Å². The highest BCUT2D eigenvalue weighted by Gasteiger charge is 2.30. The molecule has 0 fully saturated rings. The molecular weight excluding hydrogens is 298 g/mol. The van der Waals surface area contributed by atoms with Crippen molar-refractivity contribution < 1.29 is 14.3 Å². The van der Waals surface area contributed by atoms with Crippen molar-refractivity contribution in [2.45, 2.75) is 6.23 Å². The number of hydrogen-bond donors (Lipinski definition) is 0. The molecule has 18 heavy (non-hydrogen) atoms. The highest BCUT2D eigenvalue weighted by molar-refractivity contribution is 9.10. The number of likely N-dealkylation sites (N-methyl/N-ethyl adjacent to an activating group) is 1. The summed E-state index contributed by atoms with van der Waals surface area (Å²) < 4.78 is 11.5. The van der Waals surface area contributed by atoms with E-state index in [1.54, 1.807) is 6.08 Å². The van der Waals surface area contributed by atoms with Gasteiger partial charge >= 0.3 is 5.97 Å². The van der Waals surface area contributed by atoms with Crippen molar-refractivity contribution in [1.29, 1.82) is 0 Å². The predicted octanol–water partition coefficient (Wildman–Crippen LogP) is 2.29. The van der Waals surface area contributed by atoms with Crippen molar-refractivity contribution in [3.63, 3.8) is 0 Å². The first kappa shape index (κ1) is 13.1. The Hall–Kier alpha value is -1.33. The number of halogens is 1. The first-order valence-electron chi connectivity index (χ1n) is 5.45. The number of fused-ring (bicyclic) bond motifs is 1. The molecule has 1 aromatic rings. The molecule has 0 spiro atoms. The topological polar surface area (TPSA) is 38.8 Å². The molecule has 1 unspecified atom stereocenters. The van der Waals surface area contributed by atoms with Crippen LogP contribution in [-0.2, 0) is 9.53 Å². The molecule has 1 heterocycles. The number of benzene rings is 1. The fourth-order valence-electron chi connectivity index (χ4n) is 1.82. The average molecular weight is 312 g/mol. The Morgan fingerprint density at radius 1 is 1.44 bits per heavy atom. The Balaban J connectivity index is 2.48. The lowest BCUT2D eigenvalue weighted by atomic mass is 10.1. The number of esters is 1. The number of carbonyl (C=O) groups is 1. The first-order valence-corrected chi connectivity index (χ1v) is 6.24. The van der Waals surface area contributed by atoms with Gasteiger partial charge < -0.3 is 9.47 Å². The monoisotopic (exact) mass is 311 g/mol. The summed E-state index contributed by atoms with van der Waals surface area (Å²) in [5.74, 6) is 0.379. The molecule has 0 N–H and O–H groups in total. The van der Waals surface area contributed by atoms with Gasteiger partial charge in [-0.15, -0.1) is 0 Å². The van der Waals surface area contributed by atoms with Crippen LogP contribution in [0.25, 0.3) is 6.08 Å². The zero-order valence-electron chi connectivity index (χ0n) is 10.4. The lowest BCUT2D eigenvalue weighted by Gasteiger charge is -2.30. The van der Waals surface area contributed by atoms with Crippen molar-refractivity contribution in [3.8, 4) is 5.75 Å². The van der Waals surface area contributed by atoms with E-state index >= 15 is 0 Å². The fourth-order valence-corrected chi connectivity index (χ4v) is 2.20. The third kappa shape index (κ3) is 2.42. The molecule has 0 aromatic heterocycles. The van der Waals surface area contributed by atoms with Crippen molar-refractivity contribution in [3.05, 3.63) is 33.8 Å². The Bertz CT molecular complexity index is 511. The number of carbonyl (C=O) groups excluding carboxylic acids is 1. The van der Waals surface area contributed by atoms with Gasteiger partial charge in [0, 0.05) is 10.0 Å². The van der Waals surface area contributed by atoms with E-state index in [1.165, 1.54) is 7.11 Å². The largest absolute Gasteiger partial charge is 0.470 e. The molecular formula is C13H14BrNO3. The van der Waals surface area contributed by atoms with Gasteiger partial charge in [0.2, 0.25) is 0 Å². The number of methoxy groups -OCH3 is 1. The van der Waals surface area contributed by atoms with E-state index < -0.39 is 6.23 Å². The fraction of sp³-hybridized carbons (Fsp3) is 0.308.